The number of hydrogen-bond donors (Lipinski definition) is 4. The molecule has 0 atom stereocenters. The van der Waals surface area contributed by atoms with Gasteiger partial charge in [-0.1, -0.05) is 36.4 Å². The highest BCUT2D eigenvalue weighted by Crippen LogP contribution is 2.36. The van der Waals surface area contributed by atoms with Gasteiger partial charge < -0.3 is 10.9 Å². The topological polar surface area (TPSA) is 140 Å². The number of carbonyl (C=O) groups excluding carboxylic acids is 1. The minimum Gasteiger partial charge on any atom is -0.505 e. The molecule has 0 saturated carbocycles. The van der Waals surface area contributed by atoms with Crippen molar-refractivity contribution in [2.24, 2.45) is 26.2 Å². The number of benzene rings is 3. The Balaban J connectivity index is 1.39. The molecule has 0 unspecified atom stereocenters. The van der Waals surface area contributed by atoms with Crippen molar-refractivity contribution in [1.82, 2.24) is 5.43 Å². The molecule has 3 aromatic carbocycles. The summed E-state index contributed by atoms with van der Waals surface area (Å²) in [6.45, 7) is 5.12. The molecular weight excluding hydrogens is 468 g/mol. The standard InChI is InChI=1S/C27H26N8O2/c1-16-24(27(37)35(34-16)21-13-12-17-6-3-7-18(17)15-21)32-31-23-11-5-10-22(25(23)36)19-8-4-9-20(14-19)26(30-28)33-29-2/h4-5,8-15,31,36H,2-3,6-7,28H2,1H3,(H,30,33)/b32-24-. The zero-order valence-corrected chi connectivity index (χ0v) is 20.3. The smallest absolute Gasteiger partial charge is 0.301 e. The molecule has 2 aliphatic rings. The van der Waals surface area contributed by atoms with Crippen molar-refractivity contribution in [3.8, 4) is 16.9 Å². The van der Waals surface area contributed by atoms with E-state index in [9.17, 15) is 9.90 Å². The number of aryl methyl sites for hydroxylation is 2. The number of nitrogens with two attached hydrogens (primary N) is 1. The first-order chi connectivity index (χ1) is 18.0. The van der Waals surface area contributed by atoms with Crippen molar-refractivity contribution in [3.05, 3.63) is 77.4 Å². The number of para-hydroxylation sites is 1. The number of nitrogens with one attached hydrogen (secondary N) is 2. The molecule has 10 heteroatoms. The van der Waals surface area contributed by atoms with Crippen LogP contribution in [0.5, 0.6) is 5.75 Å². The van der Waals surface area contributed by atoms with Gasteiger partial charge in [0.1, 0.15) is 5.75 Å². The van der Waals surface area contributed by atoms with Gasteiger partial charge in [0.25, 0.3) is 0 Å². The Morgan fingerprint density at radius 2 is 1.92 bits per heavy atom. The normalized spacial score (nSPS) is 16.1. The van der Waals surface area contributed by atoms with E-state index in [0.29, 0.717) is 28.4 Å². The van der Waals surface area contributed by atoms with Crippen LogP contribution < -0.4 is 21.7 Å². The summed E-state index contributed by atoms with van der Waals surface area (Å²) < 4.78 is 0. The van der Waals surface area contributed by atoms with Gasteiger partial charge in [-0.05, 0) is 67.1 Å². The number of nitrogens with zero attached hydrogens (tertiary/aromatic N) is 5. The van der Waals surface area contributed by atoms with Crippen LogP contribution in [0.15, 0.2) is 81.1 Å². The molecule has 0 aromatic heterocycles. The molecule has 0 fully saturated rings. The Hall–Kier alpha value is -4.99. The maximum absolute atomic E-state index is 13.1. The summed E-state index contributed by atoms with van der Waals surface area (Å²) in [5.74, 6) is 5.42. The lowest BCUT2D eigenvalue weighted by molar-refractivity contribution is -0.112. The number of fused-ring (bicyclic) bond motifs is 1. The summed E-state index contributed by atoms with van der Waals surface area (Å²) in [6, 6.07) is 18.5. The lowest BCUT2D eigenvalue weighted by atomic mass is 10.0. The van der Waals surface area contributed by atoms with E-state index in [0.717, 1.165) is 30.5 Å². The number of phenolic OH excluding ortho intramolecular Hbond substituents is 1. The van der Waals surface area contributed by atoms with E-state index >= 15 is 0 Å². The monoisotopic (exact) mass is 494 g/mol. The van der Waals surface area contributed by atoms with E-state index in [1.807, 2.05) is 24.3 Å². The number of anilines is 2. The lowest BCUT2D eigenvalue weighted by Crippen LogP contribution is -2.28. The fourth-order valence-corrected chi connectivity index (χ4v) is 4.55. The zero-order chi connectivity index (χ0) is 25.9. The van der Waals surface area contributed by atoms with Crippen LogP contribution in [0, 0.1) is 0 Å². The van der Waals surface area contributed by atoms with Gasteiger partial charge in [0, 0.05) is 17.8 Å². The highest BCUT2D eigenvalue weighted by atomic mass is 16.3. The second kappa shape index (κ2) is 9.94. The second-order valence-corrected chi connectivity index (χ2v) is 8.71. The maximum Gasteiger partial charge on any atom is 0.301 e. The maximum atomic E-state index is 13.1. The van der Waals surface area contributed by atoms with E-state index in [1.54, 1.807) is 37.3 Å². The number of amidine groups is 1. The van der Waals surface area contributed by atoms with Crippen molar-refractivity contribution >= 4 is 41.3 Å². The third-order valence-corrected chi connectivity index (χ3v) is 6.40. The molecule has 186 valence electrons. The van der Waals surface area contributed by atoms with Gasteiger partial charge in [-0.25, -0.2) is 0 Å². The van der Waals surface area contributed by atoms with Crippen LogP contribution >= 0.6 is 0 Å². The lowest BCUT2D eigenvalue weighted by Gasteiger charge is -2.13. The van der Waals surface area contributed by atoms with E-state index in [1.165, 1.54) is 16.1 Å². The van der Waals surface area contributed by atoms with Crippen LogP contribution in [0.25, 0.3) is 11.1 Å². The van der Waals surface area contributed by atoms with E-state index < -0.39 is 0 Å². The first-order valence-electron chi connectivity index (χ1n) is 11.8. The van der Waals surface area contributed by atoms with E-state index in [2.05, 4.69) is 44.0 Å². The predicted molar refractivity (Wildman–Crippen MR) is 147 cm³/mol. The molecule has 0 saturated heterocycles. The van der Waals surface area contributed by atoms with Gasteiger partial charge >= 0.3 is 5.91 Å². The number of aromatic hydroxyl groups is 1. The summed E-state index contributed by atoms with van der Waals surface area (Å²) >= 11 is 0. The van der Waals surface area contributed by atoms with Gasteiger partial charge in [0.15, 0.2) is 11.5 Å². The predicted octanol–water partition coefficient (Wildman–Crippen LogP) is 3.56. The summed E-state index contributed by atoms with van der Waals surface area (Å²) in [4.78, 5) is 13.1. The first-order valence-corrected chi connectivity index (χ1v) is 11.8. The average molecular weight is 495 g/mol. The van der Waals surface area contributed by atoms with Crippen LogP contribution in [-0.2, 0) is 17.6 Å². The van der Waals surface area contributed by atoms with E-state index in [-0.39, 0.29) is 17.4 Å². The molecule has 0 bridgehead atoms. The number of carbonyl (C=O) groups is 1. The SMILES string of the molecule is C=NN/C(=N\N)c1cccc(-c2cccc(N/N=C3\C(=O)N(c4ccc5c(c4)CCC5)N=C3C)c2O)c1. The molecule has 5 rings (SSSR count). The summed E-state index contributed by atoms with van der Waals surface area (Å²) in [5.41, 5.74) is 11.7. The number of hydrazone groups is 4. The second-order valence-electron chi connectivity index (χ2n) is 8.71. The van der Waals surface area contributed by atoms with Crippen molar-refractivity contribution in [2.45, 2.75) is 26.2 Å². The molecular formula is C27H26N8O2. The third kappa shape index (κ3) is 4.52. The Bertz CT molecular complexity index is 1490. The van der Waals surface area contributed by atoms with Gasteiger partial charge in [0.05, 0.1) is 17.1 Å². The van der Waals surface area contributed by atoms with Crippen molar-refractivity contribution in [3.63, 3.8) is 0 Å². The zero-order valence-electron chi connectivity index (χ0n) is 20.3. The van der Waals surface area contributed by atoms with Gasteiger partial charge in [-0.2, -0.15) is 25.4 Å². The number of hydrogen-bond acceptors (Lipinski definition) is 8. The quantitative estimate of drug-likeness (QED) is 0.136. The molecule has 0 spiro atoms. The van der Waals surface area contributed by atoms with Crippen molar-refractivity contribution < 1.29 is 9.90 Å². The van der Waals surface area contributed by atoms with Crippen LogP contribution in [0.1, 0.15) is 30.0 Å². The van der Waals surface area contributed by atoms with Crippen molar-refractivity contribution in [2.75, 3.05) is 10.4 Å². The molecule has 10 nitrogen and oxygen atoms in total. The molecule has 37 heavy (non-hydrogen) atoms. The number of amides is 1. The number of phenols is 1. The molecule has 1 heterocycles. The van der Waals surface area contributed by atoms with Gasteiger partial charge in [-0.3, -0.25) is 15.6 Å². The van der Waals surface area contributed by atoms with Gasteiger partial charge in [-0.15, -0.1) is 0 Å². The van der Waals surface area contributed by atoms with Gasteiger partial charge in [0.2, 0.25) is 0 Å². The number of rotatable bonds is 6. The highest BCUT2D eigenvalue weighted by Gasteiger charge is 2.31. The minimum absolute atomic E-state index is 0.0273. The average Bonchev–Trinajstić information content (AvgIpc) is 3.50. The molecule has 1 aliphatic carbocycles. The van der Waals surface area contributed by atoms with Crippen LogP contribution in [0.2, 0.25) is 0 Å². The molecule has 0 radical (unpaired) electrons. The largest absolute Gasteiger partial charge is 0.505 e. The van der Waals surface area contributed by atoms with Crippen LogP contribution in [-0.4, -0.2) is 35.0 Å². The van der Waals surface area contributed by atoms with E-state index in [4.69, 9.17) is 5.84 Å². The van der Waals surface area contributed by atoms with Crippen molar-refractivity contribution in [1.29, 1.82) is 0 Å². The van der Waals surface area contributed by atoms with Crippen LogP contribution in [0.4, 0.5) is 11.4 Å². The minimum atomic E-state index is -0.330. The fraction of sp³-hybridized carbons (Fsp3) is 0.148. The van der Waals surface area contributed by atoms with Crippen LogP contribution in [0.3, 0.4) is 0 Å². The first kappa shape index (κ1) is 23.7. The summed E-state index contributed by atoms with van der Waals surface area (Å²) in [5, 5.41) is 28.4. The molecule has 1 amide bonds. The molecule has 1 aliphatic heterocycles. The highest BCUT2D eigenvalue weighted by molar-refractivity contribution is 6.71. The Labute approximate surface area is 213 Å². The third-order valence-electron chi connectivity index (χ3n) is 6.40. The Morgan fingerprint density at radius 3 is 2.73 bits per heavy atom. The fourth-order valence-electron chi connectivity index (χ4n) is 4.55. The summed E-state index contributed by atoms with van der Waals surface area (Å²) in [7, 11) is 0. The Kier molecular flexibility index (Phi) is 6.38. The molecule has 5 N–H and O–H groups in total. The Morgan fingerprint density at radius 1 is 1.11 bits per heavy atom. The molecule has 3 aromatic rings. The summed E-state index contributed by atoms with van der Waals surface area (Å²) in [6.07, 6.45) is 3.21.